The molecule has 0 fully saturated rings. The third kappa shape index (κ3) is 4.05. The summed E-state index contributed by atoms with van der Waals surface area (Å²) in [5.41, 5.74) is 3.78. The van der Waals surface area contributed by atoms with Crippen LogP contribution in [0.4, 0.5) is 5.69 Å². The van der Waals surface area contributed by atoms with Crippen molar-refractivity contribution in [3.63, 3.8) is 0 Å². The van der Waals surface area contributed by atoms with Crippen molar-refractivity contribution in [2.24, 2.45) is 0 Å². The molecule has 0 aliphatic rings. The molecule has 1 heterocycles. The predicted molar refractivity (Wildman–Crippen MR) is 85.4 cm³/mol. The fourth-order valence-corrected chi connectivity index (χ4v) is 2.09. The largest absolute Gasteiger partial charge is 0.385 e. The van der Waals surface area contributed by atoms with Crippen LogP contribution in [-0.4, -0.2) is 17.4 Å². The number of rotatable bonds is 6. The number of hydrogen-bond donors (Lipinski definition) is 2. The zero-order chi connectivity index (χ0) is 15.1. The van der Waals surface area contributed by atoms with Crippen LogP contribution < -0.4 is 10.6 Å². The van der Waals surface area contributed by atoms with Gasteiger partial charge in [0.1, 0.15) is 0 Å². The van der Waals surface area contributed by atoms with E-state index in [1.54, 1.807) is 12.4 Å². The summed E-state index contributed by atoms with van der Waals surface area (Å²) in [5.74, 6) is -0.112. The average molecular weight is 283 g/mol. The lowest BCUT2D eigenvalue weighted by atomic mass is 10.1. The molecule has 110 valence electrons. The predicted octanol–water partition coefficient (Wildman–Crippen LogP) is 3.01. The van der Waals surface area contributed by atoms with Gasteiger partial charge in [-0.25, -0.2) is 0 Å². The second kappa shape index (κ2) is 7.43. The normalized spacial score (nSPS) is 10.2. The Hall–Kier alpha value is -2.36. The van der Waals surface area contributed by atoms with Gasteiger partial charge in [0, 0.05) is 25.5 Å². The number of anilines is 1. The van der Waals surface area contributed by atoms with E-state index in [0.717, 1.165) is 24.2 Å². The van der Waals surface area contributed by atoms with Crippen molar-refractivity contribution in [3.8, 4) is 0 Å². The van der Waals surface area contributed by atoms with Gasteiger partial charge in [-0.05, 0) is 30.5 Å². The highest BCUT2D eigenvalue weighted by atomic mass is 16.1. The number of hydrogen-bond acceptors (Lipinski definition) is 3. The van der Waals surface area contributed by atoms with Gasteiger partial charge in [0.05, 0.1) is 11.3 Å². The zero-order valence-electron chi connectivity index (χ0n) is 12.5. The van der Waals surface area contributed by atoms with Gasteiger partial charge in [0.2, 0.25) is 0 Å². The monoisotopic (exact) mass is 283 g/mol. The van der Waals surface area contributed by atoms with Gasteiger partial charge in [-0.1, -0.05) is 31.2 Å². The van der Waals surface area contributed by atoms with Crippen LogP contribution in [0.5, 0.6) is 0 Å². The quantitative estimate of drug-likeness (QED) is 0.857. The van der Waals surface area contributed by atoms with Gasteiger partial charge in [0.15, 0.2) is 0 Å². The lowest BCUT2D eigenvalue weighted by molar-refractivity contribution is 0.0951. The third-order valence-corrected chi connectivity index (χ3v) is 3.32. The minimum Gasteiger partial charge on any atom is -0.385 e. The van der Waals surface area contributed by atoms with E-state index < -0.39 is 0 Å². The van der Waals surface area contributed by atoms with Gasteiger partial charge in [-0.2, -0.15) is 0 Å². The van der Waals surface area contributed by atoms with Crippen LogP contribution in [-0.2, 0) is 13.0 Å². The summed E-state index contributed by atoms with van der Waals surface area (Å²) in [5, 5.41) is 6.10. The highest BCUT2D eigenvalue weighted by Gasteiger charge is 2.10. The van der Waals surface area contributed by atoms with E-state index in [0.29, 0.717) is 12.1 Å². The van der Waals surface area contributed by atoms with Gasteiger partial charge in [-0.15, -0.1) is 0 Å². The number of carbonyl (C=O) groups is 1. The molecule has 2 N–H and O–H groups in total. The average Bonchev–Trinajstić information content (AvgIpc) is 2.54. The SMILES string of the molecule is CCNc1ccncc1C(=O)NCc1ccc(CC)cc1. The van der Waals surface area contributed by atoms with Crippen LogP contribution in [0.1, 0.15) is 35.3 Å². The van der Waals surface area contributed by atoms with E-state index in [4.69, 9.17) is 0 Å². The summed E-state index contributed by atoms with van der Waals surface area (Å²) in [7, 11) is 0. The molecule has 0 aliphatic carbocycles. The highest BCUT2D eigenvalue weighted by molar-refractivity contribution is 5.99. The molecule has 1 aromatic heterocycles. The van der Waals surface area contributed by atoms with Crippen molar-refractivity contribution in [1.29, 1.82) is 0 Å². The summed E-state index contributed by atoms with van der Waals surface area (Å²) in [4.78, 5) is 16.3. The Morgan fingerprint density at radius 1 is 1.10 bits per heavy atom. The van der Waals surface area contributed by atoms with Gasteiger partial charge in [0.25, 0.3) is 5.91 Å². The fraction of sp³-hybridized carbons (Fsp3) is 0.294. The van der Waals surface area contributed by atoms with Crippen molar-refractivity contribution in [2.75, 3.05) is 11.9 Å². The van der Waals surface area contributed by atoms with Gasteiger partial charge in [-0.3, -0.25) is 9.78 Å². The Morgan fingerprint density at radius 2 is 1.81 bits per heavy atom. The van der Waals surface area contributed by atoms with Gasteiger partial charge >= 0.3 is 0 Å². The minimum absolute atomic E-state index is 0.112. The van der Waals surface area contributed by atoms with Crippen molar-refractivity contribution in [2.45, 2.75) is 26.8 Å². The lowest BCUT2D eigenvalue weighted by Crippen LogP contribution is -2.24. The molecular formula is C17H21N3O. The maximum atomic E-state index is 12.2. The zero-order valence-corrected chi connectivity index (χ0v) is 12.5. The number of carbonyl (C=O) groups excluding carboxylic acids is 1. The van der Waals surface area contributed by atoms with Crippen LogP contribution in [0.15, 0.2) is 42.7 Å². The first-order chi connectivity index (χ1) is 10.2. The summed E-state index contributed by atoms with van der Waals surface area (Å²) >= 11 is 0. The molecule has 0 radical (unpaired) electrons. The molecule has 21 heavy (non-hydrogen) atoms. The summed E-state index contributed by atoms with van der Waals surface area (Å²) in [6, 6.07) is 10.1. The van der Waals surface area contributed by atoms with E-state index in [1.807, 2.05) is 25.1 Å². The molecule has 2 rings (SSSR count). The Balaban J connectivity index is 2.01. The number of aromatic nitrogens is 1. The molecule has 0 aliphatic heterocycles. The number of nitrogens with one attached hydrogen (secondary N) is 2. The van der Waals surface area contributed by atoms with Crippen molar-refractivity contribution >= 4 is 11.6 Å². The molecule has 4 heteroatoms. The molecule has 1 amide bonds. The highest BCUT2D eigenvalue weighted by Crippen LogP contribution is 2.13. The van der Waals surface area contributed by atoms with Crippen LogP contribution in [0, 0.1) is 0 Å². The second-order valence-corrected chi connectivity index (χ2v) is 4.80. The van der Waals surface area contributed by atoms with Gasteiger partial charge < -0.3 is 10.6 Å². The molecule has 0 saturated heterocycles. The smallest absolute Gasteiger partial charge is 0.255 e. The summed E-state index contributed by atoms with van der Waals surface area (Å²) < 4.78 is 0. The maximum Gasteiger partial charge on any atom is 0.255 e. The Kier molecular flexibility index (Phi) is 5.32. The maximum absolute atomic E-state index is 12.2. The Morgan fingerprint density at radius 3 is 2.48 bits per heavy atom. The van der Waals surface area contributed by atoms with E-state index >= 15 is 0 Å². The second-order valence-electron chi connectivity index (χ2n) is 4.80. The standard InChI is InChI=1S/C17H21N3O/c1-3-13-5-7-14(8-6-13)11-20-17(21)15-12-18-10-9-16(15)19-4-2/h5-10,12H,3-4,11H2,1-2H3,(H,18,19)(H,20,21). The van der Waals surface area contributed by atoms with Crippen molar-refractivity contribution < 1.29 is 4.79 Å². The third-order valence-electron chi connectivity index (χ3n) is 3.32. The summed E-state index contributed by atoms with van der Waals surface area (Å²) in [6.45, 7) is 5.41. The molecule has 1 aromatic carbocycles. The van der Waals surface area contributed by atoms with Crippen molar-refractivity contribution in [1.82, 2.24) is 10.3 Å². The molecule has 2 aromatic rings. The Labute approximate surface area is 125 Å². The molecule has 0 spiro atoms. The number of nitrogens with zero attached hydrogens (tertiary/aromatic N) is 1. The molecule has 0 saturated carbocycles. The molecule has 0 atom stereocenters. The number of aryl methyl sites for hydroxylation is 1. The van der Waals surface area contributed by atoms with Crippen LogP contribution in [0.25, 0.3) is 0 Å². The first kappa shape index (κ1) is 15.0. The van der Waals surface area contributed by atoms with Crippen molar-refractivity contribution in [3.05, 3.63) is 59.4 Å². The first-order valence-corrected chi connectivity index (χ1v) is 7.28. The molecular weight excluding hydrogens is 262 g/mol. The van der Waals surface area contributed by atoms with Crippen LogP contribution in [0.3, 0.4) is 0 Å². The number of pyridine rings is 1. The van der Waals surface area contributed by atoms with Crippen LogP contribution >= 0.6 is 0 Å². The van der Waals surface area contributed by atoms with E-state index in [1.165, 1.54) is 5.56 Å². The molecule has 0 bridgehead atoms. The minimum atomic E-state index is -0.112. The lowest BCUT2D eigenvalue weighted by Gasteiger charge is -2.10. The topological polar surface area (TPSA) is 54.0 Å². The fourth-order valence-electron chi connectivity index (χ4n) is 2.09. The Bertz CT molecular complexity index is 593. The number of amides is 1. The van der Waals surface area contributed by atoms with E-state index in [2.05, 4.69) is 34.7 Å². The molecule has 0 unspecified atom stereocenters. The summed E-state index contributed by atoms with van der Waals surface area (Å²) in [6.07, 6.45) is 4.29. The van der Waals surface area contributed by atoms with E-state index in [-0.39, 0.29) is 5.91 Å². The number of benzene rings is 1. The van der Waals surface area contributed by atoms with E-state index in [9.17, 15) is 4.79 Å². The molecule has 4 nitrogen and oxygen atoms in total. The first-order valence-electron chi connectivity index (χ1n) is 7.28. The van der Waals surface area contributed by atoms with Crippen LogP contribution in [0.2, 0.25) is 0 Å².